The van der Waals surface area contributed by atoms with E-state index in [1.807, 2.05) is 62.7 Å². The second kappa shape index (κ2) is 6.45. The van der Waals surface area contributed by atoms with E-state index in [0.29, 0.717) is 0 Å². The van der Waals surface area contributed by atoms with Crippen LogP contribution in [0, 0.1) is 0 Å². The molecule has 1 atom stereocenters. The highest BCUT2D eigenvalue weighted by molar-refractivity contribution is 7.86. The zero-order valence-corrected chi connectivity index (χ0v) is 16.4. The Labute approximate surface area is 158 Å². The van der Waals surface area contributed by atoms with E-state index < -0.39 is 10.8 Å². The Bertz CT molecular complexity index is 1130. The minimum atomic E-state index is -1.09. The number of pyridine rings is 1. The summed E-state index contributed by atoms with van der Waals surface area (Å²) in [6.07, 6.45) is 1.78. The van der Waals surface area contributed by atoms with Crippen LogP contribution in [-0.4, -0.2) is 18.9 Å². The number of hydrogen-bond acceptors (Lipinski definition) is 5. The lowest BCUT2D eigenvalue weighted by molar-refractivity contribution is 0.649. The molecule has 2 aromatic heterocycles. The Balaban J connectivity index is 1.77. The van der Waals surface area contributed by atoms with Crippen molar-refractivity contribution < 1.29 is 4.21 Å². The first-order valence-electron chi connectivity index (χ1n) is 8.33. The van der Waals surface area contributed by atoms with Crippen LogP contribution in [0.2, 0.25) is 0 Å². The lowest BCUT2D eigenvalue weighted by atomic mass is 10.2. The van der Waals surface area contributed by atoms with E-state index in [4.69, 9.17) is 0 Å². The molecule has 6 heteroatoms. The molecule has 0 fully saturated rings. The Morgan fingerprint density at radius 2 is 1.85 bits per heavy atom. The van der Waals surface area contributed by atoms with Crippen molar-refractivity contribution in [2.24, 2.45) is 0 Å². The topological polar surface area (TPSA) is 54.9 Å². The molecule has 2 heterocycles. The van der Waals surface area contributed by atoms with Crippen LogP contribution in [0.15, 0.2) is 59.1 Å². The zero-order chi connectivity index (χ0) is 18.3. The van der Waals surface area contributed by atoms with Crippen molar-refractivity contribution in [1.29, 1.82) is 0 Å². The summed E-state index contributed by atoms with van der Waals surface area (Å²) >= 11 is 1.63. The predicted octanol–water partition coefficient (Wildman–Crippen LogP) is 5.49. The van der Waals surface area contributed by atoms with Crippen LogP contribution < -0.4 is 5.32 Å². The first-order chi connectivity index (χ1) is 12.4. The van der Waals surface area contributed by atoms with Crippen LogP contribution in [0.25, 0.3) is 21.1 Å². The minimum absolute atomic E-state index is 0.306. The SMILES string of the molecule is CC(C)(C)S(=O)c1ccc2nccc(Nc3ccc4scnc4c3)c2c1. The van der Waals surface area contributed by atoms with Gasteiger partial charge in [0.25, 0.3) is 0 Å². The second-order valence-corrected chi connectivity index (χ2v) is 10.2. The first kappa shape index (κ1) is 17.1. The van der Waals surface area contributed by atoms with E-state index in [2.05, 4.69) is 21.4 Å². The van der Waals surface area contributed by atoms with Gasteiger partial charge in [-0.3, -0.25) is 9.19 Å². The molecule has 1 N–H and O–H groups in total. The van der Waals surface area contributed by atoms with Gasteiger partial charge < -0.3 is 5.32 Å². The molecule has 26 heavy (non-hydrogen) atoms. The number of benzene rings is 2. The molecular weight excluding hydrogens is 362 g/mol. The van der Waals surface area contributed by atoms with Gasteiger partial charge in [0.1, 0.15) is 0 Å². The molecule has 0 radical (unpaired) electrons. The Morgan fingerprint density at radius 3 is 2.65 bits per heavy atom. The molecule has 132 valence electrons. The highest BCUT2D eigenvalue weighted by Crippen LogP contribution is 2.30. The van der Waals surface area contributed by atoms with Crippen molar-refractivity contribution in [1.82, 2.24) is 9.97 Å². The van der Waals surface area contributed by atoms with E-state index in [1.165, 1.54) is 0 Å². The van der Waals surface area contributed by atoms with Gasteiger partial charge in [0.2, 0.25) is 0 Å². The van der Waals surface area contributed by atoms with E-state index in [1.54, 1.807) is 17.5 Å². The quantitative estimate of drug-likeness (QED) is 0.509. The van der Waals surface area contributed by atoms with Gasteiger partial charge in [0.15, 0.2) is 0 Å². The van der Waals surface area contributed by atoms with Crippen molar-refractivity contribution in [3.05, 3.63) is 54.2 Å². The van der Waals surface area contributed by atoms with Crippen LogP contribution in [0.4, 0.5) is 11.4 Å². The first-order valence-corrected chi connectivity index (χ1v) is 10.4. The van der Waals surface area contributed by atoms with Crippen LogP contribution >= 0.6 is 11.3 Å². The molecule has 4 aromatic rings. The minimum Gasteiger partial charge on any atom is -0.355 e. The lowest BCUT2D eigenvalue weighted by Crippen LogP contribution is -2.21. The van der Waals surface area contributed by atoms with E-state index in [-0.39, 0.29) is 4.75 Å². The van der Waals surface area contributed by atoms with E-state index >= 15 is 0 Å². The van der Waals surface area contributed by atoms with Gasteiger partial charge >= 0.3 is 0 Å². The summed E-state index contributed by atoms with van der Waals surface area (Å²) in [6.45, 7) is 5.95. The van der Waals surface area contributed by atoms with Gasteiger partial charge in [0.05, 0.1) is 32.0 Å². The monoisotopic (exact) mass is 381 g/mol. The van der Waals surface area contributed by atoms with E-state index in [9.17, 15) is 4.21 Å². The van der Waals surface area contributed by atoms with Crippen LogP contribution in [0.5, 0.6) is 0 Å². The maximum Gasteiger partial charge on any atom is 0.0832 e. The fourth-order valence-electron chi connectivity index (χ4n) is 2.79. The normalized spacial score (nSPS) is 13.2. The van der Waals surface area contributed by atoms with Crippen LogP contribution in [0.3, 0.4) is 0 Å². The fraction of sp³-hybridized carbons (Fsp3) is 0.200. The number of thiazole rings is 1. The highest BCUT2D eigenvalue weighted by atomic mass is 32.2. The average Bonchev–Trinajstić information content (AvgIpc) is 3.08. The third-order valence-electron chi connectivity index (χ3n) is 4.09. The van der Waals surface area contributed by atoms with Crippen molar-refractivity contribution in [3.63, 3.8) is 0 Å². The molecule has 0 bridgehead atoms. The van der Waals surface area contributed by atoms with Crippen molar-refractivity contribution in [3.8, 4) is 0 Å². The van der Waals surface area contributed by atoms with Crippen molar-refractivity contribution in [2.75, 3.05) is 5.32 Å². The lowest BCUT2D eigenvalue weighted by Gasteiger charge is -2.18. The molecule has 0 saturated carbocycles. The van der Waals surface area contributed by atoms with Crippen LogP contribution in [-0.2, 0) is 10.8 Å². The van der Waals surface area contributed by atoms with Gasteiger partial charge in [-0.2, -0.15) is 0 Å². The fourth-order valence-corrected chi connectivity index (χ4v) is 4.58. The van der Waals surface area contributed by atoms with Crippen molar-refractivity contribution >= 4 is 54.6 Å². The molecule has 4 rings (SSSR count). The summed E-state index contributed by atoms with van der Waals surface area (Å²) < 4.78 is 13.6. The maximum absolute atomic E-state index is 12.8. The van der Waals surface area contributed by atoms with Gasteiger partial charge in [-0.1, -0.05) is 0 Å². The third kappa shape index (κ3) is 3.22. The number of fused-ring (bicyclic) bond motifs is 2. The summed E-state index contributed by atoms with van der Waals surface area (Å²) in [6, 6.07) is 13.9. The number of rotatable bonds is 3. The van der Waals surface area contributed by atoms with Gasteiger partial charge in [-0.25, -0.2) is 4.98 Å². The number of hydrogen-bond donors (Lipinski definition) is 1. The smallest absolute Gasteiger partial charge is 0.0832 e. The second-order valence-electron chi connectivity index (χ2n) is 7.08. The molecule has 0 aliphatic carbocycles. The summed E-state index contributed by atoms with van der Waals surface area (Å²) in [5, 5.41) is 4.42. The Morgan fingerprint density at radius 1 is 1.00 bits per heavy atom. The molecule has 0 aliphatic rings. The van der Waals surface area contributed by atoms with Crippen LogP contribution in [0.1, 0.15) is 20.8 Å². The zero-order valence-electron chi connectivity index (χ0n) is 14.8. The third-order valence-corrected chi connectivity index (χ3v) is 6.70. The maximum atomic E-state index is 12.8. The molecule has 1 unspecified atom stereocenters. The molecule has 4 nitrogen and oxygen atoms in total. The molecule has 0 spiro atoms. The Kier molecular flexibility index (Phi) is 4.25. The number of nitrogens with one attached hydrogen (secondary N) is 1. The number of aromatic nitrogens is 2. The Hall–Kier alpha value is -2.31. The molecule has 0 aliphatic heterocycles. The van der Waals surface area contributed by atoms with Gasteiger partial charge in [-0.15, -0.1) is 11.3 Å². The molecule has 0 saturated heterocycles. The molecule has 2 aromatic carbocycles. The average molecular weight is 382 g/mol. The summed E-state index contributed by atoms with van der Waals surface area (Å²) in [4.78, 5) is 9.63. The largest absolute Gasteiger partial charge is 0.355 e. The summed E-state index contributed by atoms with van der Waals surface area (Å²) in [7, 11) is -1.09. The van der Waals surface area contributed by atoms with E-state index in [0.717, 1.165) is 37.4 Å². The molecular formula is C20H19N3OS2. The van der Waals surface area contributed by atoms with Gasteiger partial charge in [-0.05, 0) is 63.2 Å². The predicted molar refractivity (Wildman–Crippen MR) is 111 cm³/mol. The number of anilines is 2. The summed E-state index contributed by atoms with van der Waals surface area (Å²) in [5.41, 5.74) is 5.62. The number of nitrogens with zero attached hydrogens (tertiary/aromatic N) is 2. The summed E-state index contributed by atoms with van der Waals surface area (Å²) in [5.74, 6) is 0. The van der Waals surface area contributed by atoms with Gasteiger partial charge in [0, 0.05) is 32.6 Å². The van der Waals surface area contributed by atoms with Crippen molar-refractivity contribution in [2.45, 2.75) is 30.4 Å². The molecule has 0 amide bonds. The standard InChI is InChI=1S/C20H19N3OS2/c1-20(2,3)26(24)14-5-6-16-15(11-14)17(8-9-21-16)23-13-4-7-19-18(10-13)22-12-25-19/h4-12H,1-3H3,(H,21,23). The highest BCUT2D eigenvalue weighted by Gasteiger charge is 2.21.